The van der Waals surface area contributed by atoms with Crippen LogP contribution in [0.1, 0.15) is 35.7 Å². The molecule has 0 aliphatic heterocycles. The predicted octanol–water partition coefficient (Wildman–Crippen LogP) is 2.84. The molecular weight excluding hydrogens is 312 g/mol. The van der Waals surface area contributed by atoms with E-state index in [1.807, 2.05) is 18.2 Å². The van der Waals surface area contributed by atoms with E-state index < -0.39 is 0 Å². The minimum absolute atomic E-state index is 0.0825. The minimum atomic E-state index is -0.0825. The summed E-state index contributed by atoms with van der Waals surface area (Å²) in [5.41, 5.74) is 4.19. The van der Waals surface area contributed by atoms with Crippen LogP contribution in [0.2, 0.25) is 0 Å². The predicted molar refractivity (Wildman–Crippen MR) is 95.2 cm³/mol. The minimum Gasteiger partial charge on any atom is -0.294 e. The first-order valence-corrected chi connectivity index (χ1v) is 8.51. The summed E-state index contributed by atoms with van der Waals surface area (Å²) < 4.78 is 1.58. The van der Waals surface area contributed by atoms with Gasteiger partial charge in [0.25, 0.3) is 5.56 Å². The number of benzene rings is 1. The molecule has 0 spiro atoms. The molecule has 0 amide bonds. The molecule has 1 aromatic carbocycles. The molecule has 0 unspecified atom stereocenters. The summed E-state index contributed by atoms with van der Waals surface area (Å²) in [6.45, 7) is 2.63. The molecule has 1 atom stereocenters. The lowest BCUT2D eigenvalue weighted by Gasteiger charge is -2.20. The third kappa shape index (κ3) is 2.91. The fourth-order valence-electron chi connectivity index (χ4n) is 3.47. The average Bonchev–Trinajstić information content (AvgIpc) is 2.63. The molecule has 5 nitrogen and oxygen atoms in total. The third-order valence-corrected chi connectivity index (χ3v) is 4.83. The van der Waals surface area contributed by atoms with Crippen LogP contribution in [0.15, 0.2) is 41.5 Å². The second-order valence-corrected chi connectivity index (χ2v) is 6.80. The Morgan fingerprint density at radius 3 is 3.08 bits per heavy atom. The number of fused-ring (bicyclic) bond motifs is 2. The van der Waals surface area contributed by atoms with Crippen LogP contribution in [0, 0.1) is 17.2 Å². The molecule has 0 saturated carbocycles. The molecule has 0 saturated heterocycles. The molecule has 3 aromatic rings. The Labute approximate surface area is 145 Å². The van der Waals surface area contributed by atoms with Gasteiger partial charge < -0.3 is 0 Å². The molecule has 2 aromatic heterocycles. The number of aromatic nitrogens is 3. The van der Waals surface area contributed by atoms with Crippen molar-refractivity contribution in [1.82, 2.24) is 14.5 Å². The maximum Gasteiger partial charge on any atom is 0.263 e. The van der Waals surface area contributed by atoms with E-state index in [9.17, 15) is 4.79 Å². The van der Waals surface area contributed by atoms with Gasteiger partial charge in [-0.05, 0) is 54.5 Å². The van der Waals surface area contributed by atoms with Crippen LogP contribution in [-0.2, 0) is 19.4 Å². The van der Waals surface area contributed by atoms with Gasteiger partial charge in [-0.2, -0.15) is 5.26 Å². The highest BCUT2D eigenvalue weighted by Crippen LogP contribution is 2.25. The highest BCUT2D eigenvalue weighted by Gasteiger charge is 2.18. The number of nitrogens with zero attached hydrogens (tertiary/aromatic N) is 4. The molecule has 2 heterocycles. The lowest BCUT2D eigenvalue weighted by atomic mass is 9.87. The Hall–Kier alpha value is -3.00. The first-order chi connectivity index (χ1) is 12.1. The van der Waals surface area contributed by atoms with E-state index in [1.54, 1.807) is 23.0 Å². The summed E-state index contributed by atoms with van der Waals surface area (Å²) in [6, 6.07) is 11.4. The number of hydrogen-bond acceptors (Lipinski definition) is 4. The Kier molecular flexibility index (Phi) is 3.81. The van der Waals surface area contributed by atoms with E-state index >= 15 is 0 Å². The Bertz CT molecular complexity index is 1060. The van der Waals surface area contributed by atoms with Crippen molar-refractivity contribution in [2.24, 2.45) is 5.92 Å². The quantitative estimate of drug-likeness (QED) is 0.724. The SMILES string of the molecule is C[C@H]1CCc2nc3ncn(Cc4cccc(C#N)c4)c(=O)c3cc2C1. The largest absolute Gasteiger partial charge is 0.294 e. The van der Waals surface area contributed by atoms with Gasteiger partial charge in [0.1, 0.15) is 6.33 Å². The normalized spacial score (nSPS) is 16.4. The summed E-state index contributed by atoms with van der Waals surface area (Å²) in [4.78, 5) is 21.9. The zero-order valence-electron chi connectivity index (χ0n) is 14.1. The van der Waals surface area contributed by atoms with Crippen molar-refractivity contribution in [3.63, 3.8) is 0 Å². The van der Waals surface area contributed by atoms with Crippen molar-refractivity contribution in [2.45, 2.75) is 32.7 Å². The topological polar surface area (TPSA) is 71.6 Å². The second-order valence-electron chi connectivity index (χ2n) is 6.80. The molecular formula is C20H18N4O. The van der Waals surface area contributed by atoms with Gasteiger partial charge in [-0.3, -0.25) is 9.36 Å². The molecule has 25 heavy (non-hydrogen) atoms. The smallest absolute Gasteiger partial charge is 0.263 e. The Morgan fingerprint density at radius 1 is 1.36 bits per heavy atom. The summed E-state index contributed by atoms with van der Waals surface area (Å²) in [6.07, 6.45) is 4.61. The standard InChI is InChI=1S/C20H18N4O/c1-13-5-6-18-16(7-13)9-17-19(23-18)22-12-24(20(17)25)11-15-4-2-3-14(8-15)10-21/h2-4,8-9,12-13H,5-7,11H2,1H3/t13-/m0/s1. The van der Waals surface area contributed by atoms with E-state index in [4.69, 9.17) is 5.26 Å². The molecule has 0 fully saturated rings. The summed E-state index contributed by atoms with van der Waals surface area (Å²) in [5, 5.41) is 9.59. The summed E-state index contributed by atoms with van der Waals surface area (Å²) in [5.74, 6) is 0.624. The number of nitriles is 1. The molecule has 0 N–H and O–H groups in total. The van der Waals surface area contributed by atoms with E-state index in [2.05, 4.69) is 23.0 Å². The van der Waals surface area contributed by atoms with E-state index in [1.165, 1.54) is 5.56 Å². The molecule has 124 valence electrons. The van der Waals surface area contributed by atoms with Crippen LogP contribution in [0.25, 0.3) is 11.0 Å². The van der Waals surface area contributed by atoms with E-state index in [0.29, 0.717) is 29.1 Å². The van der Waals surface area contributed by atoms with Crippen LogP contribution in [0.4, 0.5) is 0 Å². The number of pyridine rings is 1. The lowest BCUT2D eigenvalue weighted by molar-refractivity contribution is 0.495. The van der Waals surface area contributed by atoms with Gasteiger partial charge in [0, 0.05) is 5.69 Å². The monoisotopic (exact) mass is 330 g/mol. The van der Waals surface area contributed by atoms with Gasteiger partial charge in [-0.1, -0.05) is 19.1 Å². The van der Waals surface area contributed by atoms with Crippen molar-refractivity contribution >= 4 is 11.0 Å². The second kappa shape index (κ2) is 6.14. The Balaban J connectivity index is 1.77. The van der Waals surface area contributed by atoms with Gasteiger partial charge in [-0.25, -0.2) is 9.97 Å². The Morgan fingerprint density at radius 2 is 2.24 bits per heavy atom. The van der Waals surface area contributed by atoms with Crippen molar-refractivity contribution < 1.29 is 0 Å². The fraction of sp³-hybridized carbons (Fsp3) is 0.300. The van der Waals surface area contributed by atoms with Gasteiger partial charge in [0.2, 0.25) is 0 Å². The number of hydrogen-bond donors (Lipinski definition) is 0. The van der Waals surface area contributed by atoms with Gasteiger partial charge in [0.05, 0.1) is 23.6 Å². The molecule has 0 radical (unpaired) electrons. The lowest BCUT2D eigenvalue weighted by Crippen LogP contribution is -2.23. The molecule has 5 heteroatoms. The molecule has 0 bridgehead atoms. The molecule has 4 rings (SSSR count). The fourth-order valence-corrected chi connectivity index (χ4v) is 3.47. The van der Waals surface area contributed by atoms with Crippen molar-refractivity contribution in [2.75, 3.05) is 0 Å². The molecule has 1 aliphatic rings. The highest BCUT2D eigenvalue weighted by atomic mass is 16.1. The van der Waals surface area contributed by atoms with Crippen molar-refractivity contribution in [3.8, 4) is 6.07 Å². The van der Waals surface area contributed by atoms with Gasteiger partial charge >= 0.3 is 0 Å². The maximum atomic E-state index is 12.9. The van der Waals surface area contributed by atoms with Crippen molar-refractivity contribution in [3.05, 3.63) is 69.4 Å². The summed E-state index contributed by atoms with van der Waals surface area (Å²) >= 11 is 0. The number of aryl methyl sites for hydroxylation is 1. The van der Waals surface area contributed by atoms with E-state index in [0.717, 1.165) is 30.5 Å². The van der Waals surface area contributed by atoms with Crippen LogP contribution in [0.5, 0.6) is 0 Å². The van der Waals surface area contributed by atoms with Crippen LogP contribution < -0.4 is 5.56 Å². The zero-order chi connectivity index (χ0) is 17.4. The zero-order valence-corrected chi connectivity index (χ0v) is 14.1. The van der Waals surface area contributed by atoms with Crippen LogP contribution >= 0.6 is 0 Å². The first-order valence-electron chi connectivity index (χ1n) is 8.51. The first kappa shape index (κ1) is 15.5. The van der Waals surface area contributed by atoms with Crippen LogP contribution in [-0.4, -0.2) is 14.5 Å². The highest BCUT2D eigenvalue weighted by molar-refractivity contribution is 5.74. The maximum absolute atomic E-state index is 12.9. The van der Waals surface area contributed by atoms with Gasteiger partial charge in [0.15, 0.2) is 5.65 Å². The van der Waals surface area contributed by atoms with Gasteiger partial charge in [-0.15, -0.1) is 0 Å². The number of rotatable bonds is 2. The molecule has 1 aliphatic carbocycles. The third-order valence-electron chi connectivity index (χ3n) is 4.83. The average molecular weight is 330 g/mol. The van der Waals surface area contributed by atoms with Crippen molar-refractivity contribution in [1.29, 1.82) is 5.26 Å². The van der Waals surface area contributed by atoms with E-state index in [-0.39, 0.29) is 5.56 Å². The summed E-state index contributed by atoms with van der Waals surface area (Å²) in [7, 11) is 0. The van der Waals surface area contributed by atoms with Crippen LogP contribution in [0.3, 0.4) is 0 Å².